The van der Waals surface area contributed by atoms with Gasteiger partial charge < -0.3 is 0 Å². The van der Waals surface area contributed by atoms with Gasteiger partial charge in [-0.2, -0.15) is 35.0 Å². The highest BCUT2D eigenvalue weighted by molar-refractivity contribution is 7.08. The van der Waals surface area contributed by atoms with E-state index in [-0.39, 0.29) is 0 Å². The first-order chi connectivity index (χ1) is 7.43. The van der Waals surface area contributed by atoms with Gasteiger partial charge in [0.2, 0.25) is 0 Å². The van der Waals surface area contributed by atoms with E-state index in [1.165, 1.54) is 22.8 Å². The molecule has 2 nitrogen and oxygen atoms in total. The van der Waals surface area contributed by atoms with E-state index in [0.29, 0.717) is 5.56 Å². The normalized spacial score (nSPS) is 11.8. The molecule has 1 rings (SSSR count). The summed E-state index contributed by atoms with van der Waals surface area (Å²) in [5.74, 6) is 0. The molecule has 0 aliphatic carbocycles. The van der Waals surface area contributed by atoms with E-state index < -0.39 is 24.4 Å². The average molecular weight is 244 g/mol. The number of halogens is 3. The van der Waals surface area contributed by atoms with E-state index in [4.69, 9.17) is 10.5 Å². The lowest BCUT2D eigenvalue weighted by molar-refractivity contribution is -0.136. The van der Waals surface area contributed by atoms with Crippen LogP contribution in [0.4, 0.5) is 13.2 Å². The van der Waals surface area contributed by atoms with Crippen molar-refractivity contribution < 1.29 is 13.2 Å². The first kappa shape index (κ1) is 12.5. The van der Waals surface area contributed by atoms with Crippen LogP contribution in [0.1, 0.15) is 18.4 Å². The third kappa shape index (κ3) is 2.74. The van der Waals surface area contributed by atoms with Crippen molar-refractivity contribution in [3.63, 3.8) is 0 Å². The smallest absolute Gasteiger partial charge is 0.196 e. The number of thiophene rings is 1. The van der Waals surface area contributed by atoms with Crippen molar-refractivity contribution in [3.8, 4) is 12.1 Å². The van der Waals surface area contributed by atoms with Crippen LogP contribution in [-0.4, -0.2) is 6.18 Å². The summed E-state index contributed by atoms with van der Waals surface area (Å²) < 4.78 is 36.3. The van der Waals surface area contributed by atoms with Crippen molar-refractivity contribution in [2.75, 3.05) is 0 Å². The Balaban J connectivity index is 2.93. The molecule has 0 amide bonds. The van der Waals surface area contributed by atoms with Crippen LogP contribution >= 0.6 is 11.3 Å². The molecule has 16 heavy (non-hydrogen) atoms. The molecule has 0 aromatic carbocycles. The predicted octanol–water partition coefficient (Wildman–Crippen LogP) is 3.38. The van der Waals surface area contributed by atoms with E-state index in [1.54, 1.807) is 17.5 Å². The molecule has 0 fully saturated rings. The van der Waals surface area contributed by atoms with Crippen LogP contribution in [0.5, 0.6) is 0 Å². The van der Waals surface area contributed by atoms with Crippen molar-refractivity contribution in [3.05, 3.63) is 22.4 Å². The van der Waals surface area contributed by atoms with Gasteiger partial charge in [-0.1, -0.05) is 0 Å². The zero-order valence-electron chi connectivity index (χ0n) is 8.08. The van der Waals surface area contributed by atoms with Crippen LogP contribution in [0.2, 0.25) is 0 Å². The zero-order valence-corrected chi connectivity index (χ0v) is 8.90. The maximum Gasteiger partial charge on any atom is 0.389 e. The molecule has 0 spiro atoms. The number of nitrogens with zero attached hydrogens (tertiary/aromatic N) is 2. The van der Waals surface area contributed by atoms with Crippen LogP contribution in [0, 0.1) is 22.7 Å². The Bertz CT molecular complexity index is 408. The van der Waals surface area contributed by atoms with Gasteiger partial charge in [-0.05, 0) is 28.8 Å². The Morgan fingerprint density at radius 1 is 1.19 bits per heavy atom. The molecule has 0 saturated carbocycles. The maximum atomic E-state index is 12.1. The molecule has 0 N–H and O–H groups in total. The second kappa shape index (κ2) is 4.54. The summed E-state index contributed by atoms with van der Waals surface area (Å²) in [7, 11) is 0. The summed E-state index contributed by atoms with van der Waals surface area (Å²) in [4.78, 5) is 0. The zero-order chi connectivity index (χ0) is 12.2. The minimum atomic E-state index is -4.35. The van der Waals surface area contributed by atoms with E-state index in [2.05, 4.69) is 0 Å². The minimum absolute atomic E-state index is 0.340. The van der Waals surface area contributed by atoms with Crippen LogP contribution in [0.3, 0.4) is 0 Å². The molecular formula is C10H7F3N2S. The van der Waals surface area contributed by atoms with Gasteiger partial charge in [0.05, 0.1) is 12.1 Å². The molecule has 1 aromatic heterocycles. The monoisotopic (exact) mass is 244 g/mol. The van der Waals surface area contributed by atoms with Gasteiger partial charge >= 0.3 is 6.18 Å². The maximum absolute atomic E-state index is 12.1. The fourth-order valence-corrected chi connectivity index (χ4v) is 1.98. The van der Waals surface area contributed by atoms with Crippen molar-refractivity contribution in [2.45, 2.75) is 24.4 Å². The Morgan fingerprint density at radius 3 is 2.19 bits per heavy atom. The predicted molar refractivity (Wildman–Crippen MR) is 52.5 cm³/mol. The van der Waals surface area contributed by atoms with E-state index in [1.807, 2.05) is 0 Å². The van der Waals surface area contributed by atoms with Gasteiger partial charge in [-0.3, -0.25) is 0 Å². The molecule has 0 unspecified atom stereocenters. The largest absolute Gasteiger partial charge is 0.389 e. The number of alkyl halides is 3. The standard InChI is InChI=1S/C10H7F3N2S/c11-10(12,13)3-2-9(6-14,7-15)8-1-4-16-5-8/h1,4-5H,2-3H2. The third-order valence-corrected chi connectivity index (χ3v) is 2.86. The second-order valence-electron chi connectivity index (χ2n) is 3.26. The molecule has 1 aromatic rings. The molecule has 84 valence electrons. The number of rotatable bonds is 3. The van der Waals surface area contributed by atoms with Crippen LogP contribution in [0.25, 0.3) is 0 Å². The minimum Gasteiger partial charge on any atom is -0.196 e. The van der Waals surface area contributed by atoms with E-state index >= 15 is 0 Å². The molecule has 1 heterocycles. The van der Waals surface area contributed by atoms with Gasteiger partial charge in [0.25, 0.3) is 0 Å². The lowest BCUT2D eigenvalue weighted by atomic mass is 9.81. The summed E-state index contributed by atoms with van der Waals surface area (Å²) in [5.41, 5.74) is -1.35. The molecule has 6 heteroatoms. The lowest BCUT2D eigenvalue weighted by Crippen LogP contribution is -2.24. The van der Waals surface area contributed by atoms with E-state index in [0.717, 1.165) is 0 Å². The molecule has 0 bridgehead atoms. The third-order valence-electron chi connectivity index (χ3n) is 2.18. The highest BCUT2D eigenvalue weighted by atomic mass is 32.1. The molecule has 0 atom stereocenters. The Morgan fingerprint density at radius 2 is 1.81 bits per heavy atom. The van der Waals surface area contributed by atoms with Crippen LogP contribution in [0.15, 0.2) is 16.8 Å². The number of nitriles is 2. The summed E-state index contributed by atoms with van der Waals surface area (Å²) >= 11 is 1.25. The van der Waals surface area contributed by atoms with Gasteiger partial charge in [0, 0.05) is 6.42 Å². The van der Waals surface area contributed by atoms with Gasteiger partial charge in [0.15, 0.2) is 5.41 Å². The molecule has 0 aliphatic rings. The molecule has 0 aliphatic heterocycles. The summed E-state index contributed by atoms with van der Waals surface area (Å²) in [6, 6.07) is 4.88. The summed E-state index contributed by atoms with van der Waals surface area (Å²) in [6.07, 6.45) is -6.01. The fraction of sp³-hybridized carbons (Fsp3) is 0.400. The Labute approximate surface area is 94.5 Å². The highest BCUT2D eigenvalue weighted by Crippen LogP contribution is 2.34. The van der Waals surface area contributed by atoms with E-state index in [9.17, 15) is 13.2 Å². The first-order valence-electron chi connectivity index (χ1n) is 4.35. The Hall–Kier alpha value is -1.53. The van der Waals surface area contributed by atoms with Crippen molar-refractivity contribution >= 4 is 11.3 Å². The summed E-state index contributed by atoms with van der Waals surface area (Å²) in [5, 5.41) is 21.0. The lowest BCUT2D eigenvalue weighted by Gasteiger charge is -2.18. The topological polar surface area (TPSA) is 47.6 Å². The average Bonchev–Trinajstić information content (AvgIpc) is 2.72. The first-order valence-corrected chi connectivity index (χ1v) is 5.30. The summed E-state index contributed by atoms with van der Waals surface area (Å²) in [6.45, 7) is 0. The van der Waals surface area contributed by atoms with Crippen LogP contribution < -0.4 is 0 Å². The second-order valence-corrected chi connectivity index (χ2v) is 4.04. The molecule has 0 saturated heterocycles. The van der Waals surface area contributed by atoms with Crippen molar-refractivity contribution in [2.24, 2.45) is 0 Å². The van der Waals surface area contributed by atoms with Gasteiger partial charge in [0.1, 0.15) is 0 Å². The van der Waals surface area contributed by atoms with Crippen molar-refractivity contribution in [1.29, 1.82) is 10.5 Å². The highest BCUT2D eigenvalue weighted by Gasteiger charge is 2.38. The SMILES string of the molecule is N#CC(C#N)(CCC(F)(F)F)c1ccsc1. The quantitative estimate of drug-likeness (QED) is 0.818. The Kier molecular flexibility index (Phi) is 3.56. The fourth-order valence-electron chi connectivity index (χ4n) is 1.25. The van der Waals surface area contributed by atoms with Crippen molar-refractivity contribution in [1.82, 2.24) is 0 Å². The number of hydrogen-bond acceptors (Lipinski definition) is 3. The van der Waals surface area contributed by atoms with Gasteiger partial charge in [-0.15, -0.1) is 0 Å². The van der Waals surface area contributed by atoms with Crippen LogP contribution in [-0.2, 0) is 5.41 Å². The van der Waals surface area contributed by atoms with Gasteiger partial charge in [-0.25, -0.2) is 0 Å². The molecule has 0 radical (unpaired) electrons. The number of hydrogen-bond donors (Lipinski definition) is 0. The molecular weight excluding hydrogens is 237 g/mol.